The van der Waals surface area contributed by atoms with Gasteiger partial charge in [-0.15, -0.1) is 102 Å². The second-order valence-electron chi connectivity index (χ2n) is 14.1. The van der Waals surface area contributed by atoms with E-state index in [9.17, 15) is 19.8 Å². The summed E-state index contributed by atoms with van der Waals surface area (Å²) in [6.07, 6.45) is 2.76. The number of anilines is 2. The standard InChI is InChI=1S/C23H21N3O3S3.C13H13NO3S3.C8H3BrS3/c1-25-22(14-5-3-2-4-6-14)24-16(23(25)29)11-15-12-17-20(30-15)21-18(31-17)13-19(32-21)26(7-9-27)8-10-28;15-3-1-14(2-4-16)11-6-10-13(20-11)12-9(19-10)5-8(7-17)18-12;9-6-3-5-8(12-6)7-4(11-5)1-2-10-7/h2-6,11-13,27-28H,7-10H2,1H3;5-7,15-16H,1-4H2;1-3H/b16-11-;;. The van der Waals surface area contributed by atoms with Crippen LogP contribution < -0.4 is 9.80 Å². The summed E-state index contributed by atoms with van der Waals surface area (Å²) >= 11 is 19.0. The predicted molar refractivity (Wildman–Crippen MR) is 285 cm³/mol. The van der Waals surface area contributed by atoms with E-state index >= 15 is 0 Å². The minimum atomic E-state index is -0.104. The molecule has 64 heavy (non-hydrogen) atoms. The Labute approximate surface area is 410 Å². The van der Waals surface area contributed by atoms with Gasteiger partial charge in [-0.25, -0.2) is 4.99 Å². The van der Waals surface area contributed by atoms with E-state index in [1.54, 1.807) is 68.6 Å². The van der Waals surface area contributed by atoms with Crippen LogP contribution in [0.1, 0.15) is 20.1 Å². The number of halogens is 1. The Hall–Kier alpha value is -3.45. The summed E-state index contributed by atoms with van der Waals surface area (Å²) < 4.78 is 16.5. The van der Waals surface area contributed by atoms with Crippen molar-refractivity contribution in [1.82, 2.24) is 4.90 Å². The van der Waals surface area contributed by atoms with Gasteiger partial charge in [0.1, 0.15) is 11.5 Å². The minimum absolute atomic E-state index is 0.0473. The van der Waals surface area contributed by atoms with Crippen molar-refractivity contribution in [3.8, 4) is 0 Å². The molecular formula is C44H37BrN4O6S9. The molecule has 11 rings (SSSR count). The van der Waals surface area contributed by atoms with Crippen molar-refractivity contribution in [2.45, 2.75) is 0 Å². The molecule has 330 valence electrons. The second kappa shape index (κ2) is 20.2. The quantitative estimate of drug-likeness (QED) is 0.0662. The van der Waals surface area contributed by atoms with Crippen LogP contribution in [-0.2, 0) is 4.79 Å². The molecule has 0 atom stereocenters. The molecule has 1 aliphatic rings. The summed E-state index contributed by atoms with van der Waals surface area (Å²) in [5, 5.41) is 41.1. The normalized spacial score (nSPS) is 13.5. The Morgan fingerprint density at radius 2 is 1.11 bits per heavy atom. The van der Waals surface area contributed by atoms with Crippen LogP contribution in [0.3, 0.4) is 0 Å². The van der Waals surface area contributed by atoms with Crippen molar-refractivity contribution < 1.29 is 30.0 Å². The van der Waals surface area contributed by atoms with Gasteiger partial charge in [0.15, 0.2) is 6.29 Å². The highest BCUT2D eigenvalue weighted by atomic mass is 79.9. The summed E-state index contributed by atoms with van der Waals surface area (Å²) in [7, 11) is 1.75. The average molecular weight is 1090 g/mol. The van der Waals surface area contributed by atoms with E-state index < -0.39 is 0 Å². The first kappa shape index (κ1) is 45.7. The molecular weight excluding hydrogens is 1050 g/mol. The smallest absolute Gasteiger partial charge is 0.277 e. The van der Waals surface area contributed by atoms with Gasteiger partial charge >= 0.3 is 0 Å². The van der Waals surface area contributed by atoms with Crippen molar-refractivity contribution in [1.29, 1.82) is 0 Å². The third-order valence-electron chi connectivity index (χ3n) is 9.98. The van der Waals surface area contributed by atoms with E-state index in [1.165, 1.54) is 62.1 Å². The fraction of sp³-hybridized carbons (Fsp3) is 0.205. The van der Waals surface area contributed by atoms with Crippen molar-refractivity contribution in [2.75, 3.05) is 69.5 Å². The van der Waals surface area contributed by atoms with Crippen LogP contribution in [0.15, 0.2) is 86.6 Å². The first-order chi connectivity index (χ1) is 31.2. The highest BCUT2D eigenvalue weighted by Crippen LogP contribution is 2.48. The second-order valence-corrected chi connectivity index (χ2v) is 24.9. The predicted octanol–water partition coefficient (Wildman–Crippen LogP) is 11.9. The highest BCUT2D eigenvalue weighted by Gasteiger charge is 2.28. The molecule has 20 heteroatoms. The molecule has 1 aromatic carbocycles. The number of benzene rings is 1. The van der Waals surface area contributed by atoms with Gasteiger partial charge in [-0.3, -0.25) is 14.5 Å². The number of likely N-dealkylation sites (N-methyl/N-ethyl adjacent to an activating group) is 1. The first-order valence-corrected chi connectivity index (χ1v) is 27.9. The van der Waals surface area contributed by atoms with Crippen LogP contribution in [0.2, 0.25) is 0 Å². The van der Waals surface area contributed by atoms with Gasteiger partial charge in [-0.05, 0) is 63.8 Å². The zero-order chi connectivity index (χ0) is 44.5. The molecule has 9 aromatic heterocycles. The molecule has 0 saturated carbocycles. The number of fused-ring (bicyclic) bond motifs is 9. The molecule has 0 spiro atoms. The zero-order valence-electron chi connectivity index (χ0n) is 33.7. The number of carbonyl (C=O) groups excluding carboxylic acids is 2. The fourth-order valence-corrected chi connectivity index (χ4v) is 19.4. The van der Waals surface area contributed by atoms with Gasteiger partial charge in [0.2, 0.25) is 0 Å². The number of hydrogen-bond donors (Lipinski definition) is 4. The lowest BCUT2D eigenvalue weighted by molar-refractivity contribution is -0.121. The van der Waals surface area contributed by atoms with E-state index in [2.05, 4.69) is 56.6 Å². The molecule has 0 bridgehead atoms. The first-order valence-electron chi connectivity index (χ1n) is 19.7. The Kier molecular flexibility index (Phi) is 14.4. The lowest BCUT2D eigenvalue weighted by Crippen LogP contribution is -2.28. The maximum atomic E-state index is 12.8. The molecule has 0 saturated heterocycles. The molecule has 0 aliphatic carbocycles. The number of aliphatic hydroxyl groups excluding tert-OH is 4. The molecule has 1 aliphatic heterocycles. The van der Waals surface area contributed by atoms with Gasteiger partial charge in [0.25, 0.3) is 5.91 Å². The molecule has 1 amide bonds. The van der Waals surface area contributed by atoms with E-state index in [0.717, 1.165) is 41.0 Å². The summed E-state index contributed by atoms with van der Waals surface area (Å²) in [5.41, 5.74) is 1.36. The molecule has 0 unspecified atom stereocenters. The van der Waals surface area contributed by atoms with E-state index in [1.807, 2.05) is 86.3 Å². The van der Waals surface area contributed by atoms with E-state index in [-0.39, 0.29) is 32.3 Å². The molecule has 10 heterocycles. The fourth-order valence-electron chi connectivity index (χ4n) is 7.09. The van der Waals surface area contributed by atoms with Gasteiger partial charge in [-0.2, -0.15) is 0 Å². The number of hydrogen-bond acceptors (Lipinski definition) is 18. The molecule has 10 aromatic rings. The monoisotopic (exact) mass is 1080 g/mol. The van der Waals surface area contributed by atoms with Gasteiger partial charge in [-0.1, -0.05) is 30.3 Å². The molecule has 4 N–H and O–H groups in total. The number of carbonyl (C=O) groups is 2. The van der Waals surface area contributed by atoms with E-state index in [0.29, 0.717) is 37.7 Å². The van der Waals surface area contributed by atoms with Gasteiger partial charge in [0, 0.05) is 71.9 Å². The van der Waals surface area contributed by atoms with E-state index in [4.69, 9.17) is 10.2 Å². The van der Waals surface area contributed by atoms with Crippen molar-refractivity contribution >= 4 is 208 Å². The Morgan fingerprint density at radius 1 is 0.609 bits per heavy atom. The molecule has 10 nitrogen and oxygen atoms in total. The number of aldehydes is 1. The summed E-state index contributed by atoms with van der Waals surface area (Å²) in [5.74, 6) is 0.561. The topological polar surface area (TPSA) is 137 Å². The molecule has 0 radical (unpaired) electrons. The number of amides is 1. The van der Waals surface area contributed by atoms with Crippen LogP contribution in [0, 0.1) is 0 Å². The van der Waals surface area contributed by atoms with Crippen molar-refractivity contribution in [2.24, 2.45) is 4.99 Å². The van der Waals surface area contributed by atoms with Crippen LogP contribution in [-0.4, -0.2) is 103 Å². The Bertz CT molecular complexity index is 3290. The third-order valence-corrected chi connectivity index (χ3v) is 21.6. The number of aliphatic hydroxyl groups is 4. The van der Waals surface area contributed by atoms with Crippen LogP contribution in [0.25, 0.3) is 62.5 Å². The highest BCUT2D eigenvalue weighted by molar-refractivity contribution is 9.11. The van der Waals surface area contributed by atoms with Crippen LogP contribution >= 0.6 is 118 Å². The largest absolute Gasteiger partial charge is 0.395 e. The number of nitrogens with zero attached hydrogens (tertiary/aromatic N) is 4. The van der Waals surface area contributed by atoms with Crippen LogP contribution in [0.4, 0.5) is 10.0 Å². The van der Waals surface area contributed by atoms with Crippen molar-refractivity contribution in [3.05, 3.63) is 96.9 Å². The maximum absolute atomic E-state index is 12.8. The SMILES string of the molecule is Brc1cc2sc3ccsc3c2s1.CN1C(=O)/C(=C/c2cc3sc4cc(N(CCO)CCO)sc4c3s2)N=C1c1ccccc1.O=Cc1cc2sc3cc(N(CCO)CCO)sc3c2s1. The average Bonchev–Trinajstić information content (AvgIpc) is 4.15. The third kappa shape index (κ3) is 9.28. The van der Waals surface area contributed by atoms with Gasteiger partial charge in [0.05, 0.1) is 73.3 Å². The summed E-state index contributed by atoms with van der Waals surface area (Å²) in [6.45, 7) is 2.25. The number of aliphatic imine (C=N–C) groups is 1. The number of thiophene rings is 9. The van der Waals surface area contributed by atoms with Crippen molar-refractivity contribution in [3.63, 3.8) is 0 Å². The van der Waals surface area contributed by atoms with Gasteiger partial charge < -0.3 is 30.2 Å². The lowest BCUT2D eigenvalue weighted by Gasteiger charge is -2.20. The summed E-state index contributed by atoms with van der Waals surface area (Å²) in [4.78, 5) is 35.6. The summed E-state index contributed by atoms with van der Waals surface area (Å²) in [6, 6.07) is 22.4. The lowest BCUT2D eigenvalue weighted by atomic mass is 10.2. The zero-order valence-corrected chi connectivity index (χ0v) is 42.6. The number of amidine groups is 1. The molecule has 0 fully saturated rings. The Morgan fingerprint density at radius 3 is 1.69 bits per heavy atom. The Balaban J connectivity index is 0.000000136. The minimum Gasteiger partial charge on any atom is -0.395 e. The maximum Gasteiger partial charge on any atom is 0.277 e. The van der Waals surface area contributed by atoms with Crippen LogP contribution in [0.5, 0.6) is 0 Å². The number of rotatable bonds is 13.